The zero-order valence-corrected chi connectivity index (χ0v) is 38.8. The van der Waals surface area contributed by atoms with Crippen molar-refractivity contribution >= 4 is 17.8 Å². The van der Waals surface area contributed by atoms with E-state index in [0.717, 1.165) is 56.6 Å². The number of carbonyl (C=O) groups excluding carboxylic acids is 2. The zero-order chi connectivity index (χ0) is 42.5. The summed E-state index contributed by atoms with van der Waals surface area (Å²) in [6.45, 7) is 27.4. The van der Waals surface area contributed by atoms with E-state index < -0.39 is 17.3 Å². The number of imidazole rings is 1. The predicted molar refractivity (Wildman–Crippen MR) is 230 cm³/mol. The van der Waals surface area contributed by atoms with Crippen LogP contribution < -0.4 is 0 Å². The van der Waals surface area contributed by atoms with Gasteiger partial charge >= 0.3 is 11.9 Å². The average Bonchev–Trinajstić information content (AvgIpc) is 3.55. The quantitative estimate of drug-likeness (QED) is 0.265. The third kappa shape index (κ3) is 5.83. The molecular formula is C51H79N3O5. The van der Waals surface area contributed by atoms with Gasteiger partial charge in [0.1, 0.15) is 5.82 Å². The maximum atomic E-state index is 15.6. The van der Waals surface area contributed by atoms with Crippen LogP contribution >= 0.6 is 0 Å². The van der Waals surface area contributed by atoms with Crippen molar-refractivity contribution in [2.24, 2.45) is 85.2 Å². The van der Waals surface area contributed by atoms with Crippen molar-refractivity contribution in [3.8, 4) is 0 Å². The Bertz CT molecular complexity index is 1870. The van der Waals surface area contributed by atoms with E-state index in [2.05, 4.69) is 72.2 Å². The number of aromatic amines is 1. The monoisotopic (exact) mass is 814 g/mol. The topological polar surface area (TPSA) is 113 Å². The molecule has 0 bridgehead atoms. The Morgan fingerprint density at radius 1 is 0.797 bits per heavy atom. The number of fused-ring (bicyclic) bond motifs is 7. The van der Waals surface area contributed by atoms with Crippen molar-refractivity contribution in [3.63, 3.8) is 0 Å². The van der Waals surface area contributed by atoms with Crippen LogP contribution in [0, 0.1) is 85.2 Å². The van der Waals surface area contributed by atoms with Gasteiger partial charge in [-0.1, -0.05) is 76.2 Å². The van der Waals surface area contributed by atoms with Crippen molar-refractivity contribution in [3.05, 3.63) is 17.7 Å². The SMILES string of the molecule is CC(C)(C)c1cnc([C@@H]2CCCN2C(=O)[C@]23CC[C@@H](C4(C)CC4)[C@@H]2[C@H]2CC[C@@H]4[C@@]5(C)CCC(COC(=O)[C@H]6C[C@@H](C(=O)O)C6(C)C)C(C)(C)[C@@H]5CC[C@@]4(C)[C@]2(C)CC3)[nH]1. The maximum Gasteiger partial charge on any atom is 0.309 e. The summed E-state index contributed by atoms with van der Waals surface area (Å²) in [5.41, 5.74) is 1.36. The van der Waals surface area contributed by atoms with Gasteiger partial charge in [-0.3, -0.25) is 14.4 Å². The highest BCUT2D eigenvalue weighted by atomic mass is 16.5. The molecule has 1 aliphatic heterocycles. The molecule has 2 heterocycles. The number of hydrogen-bond acceptors (Lipinski definition) is 5. The van der Waals surface area contributed by atoms with Crippen LogP contribution in [-0.2, 0) is 24.5 Å². The number of likely N-dealkylation sites (tertiary alicyclic amines) is 1. The van der Waals surface area contributed by atoms with Crippen LogP contribution in [0.15, 0.2) is 6.20 Å². The van der Waals surface area contributed by atoms with Gasteiger partial charge in [0, 0.05) is 23.9 Å². The highest BCUT2D eigenvalue weighted by molar-refractivity contribution is 5.85. The fourth-order valence-corrected chi connectivity index (χ4v) is 17.2. The first-order valence-corrected chi connectivity index (χ1v) is 24.2. The van der Waals surface area contributed by atoms with Crippen LogP contribution in [0.5, 0.6) is 0 Å². The lowest BCUT2D eigenvalue weighted by atomic mass is 9.31. The zero-order valence-electron chi connectivity index (χ0n) is 38.8. The van der Waals surface area contributed by atoms with E-state index in [4.69, 9.17) is 9.72 Å². The van der Waals surface area contributed by atoms with Gasteiger partial charge in [0.15, 0.2) is 0 Å². The molecule has 0 spiro atoms. The van der Waals surface area contributed by atoms with E-state index in [1.807, 2.05) is 20.0 Å². The first-order valence-electron chi connectivity index (χ1n) is 24.2. The number of carboxylic acid groups (broad SMARTS) is 1. The molecule has 2 N–H and O–H groups in total. The summed E-state index contributed by atoms with van der Waals surface area (Å²) in [7, 11) is 0. The Hall–Kier alpha value is -2.38. The molecule has 1 saturated heterocycles. The standard InChI is InChI=1S/C51H79N3O5/c1-44(2,3)38-28-52-40(53-38)35-13-12-26-54(35)43(58)51-21-17-31(47(8)22-23-47)39(51)32-14-15-37-48(9)19-16-30(29-59-42(57)34-27-33(41(55)56)46(34,6)7)45(4,5)36(48)18-20-50(37,11)49(32,10)24-25-51/h28,30-37,39H,12-27,29H2,1-11H3,(H,52,53)(H,55,56)/t30?,31-,32-,33+,34-,35+,36+,37-,39-,48+,49-,50-,51+/m1/s1. The molecule has 1 amide bonds. The Kier molecular flexibility index (Phi) is 9.47. The lowest BCUT2D eigenvalue weighted by molar-refractivity contribution is -0.246. The van der Waals surface area contributed by atoms with Crippen molar-refractivity contribution in [2.75, 3.05) is 13.2 Å². The van der Waals surface area contributed by atoms with Gasteiger partial charge in [-0.15, -0.1) is 0 Å². The number of esters is 1. The summed E-state index contributed by atoms with van der Waals surface area (Å²) in [5, 5.41) is 9.64. The Balaban J connectivity index is 0.960. The third-order valence-electron chi connectivity index (χ3n) is 21.6. The molecule has 7 saturated carbocycles. The van der Waals surface area contributed by atoms with Gasteiger partial charge in [0.2, 0.25) is 5.91 Å². The third-order valence-corrected chi connectivity index (χ3v) is 21.6. The molecule has 0 aromatic carbocycles. The van der Waals surface area contributed by atoms with E-state index in [9.17, 15) is 14.7 Å². The van der Waals surface area contributed by atoms with Crippen molar-refractivity contribution in [1.82, 2.24) is 14.9 Å². The van der Waals surface area contributed by atoms with Crippen LogP contribution in [0.2, 0.25) is 0 Å². The van der Waals surface area contributed by atoms with E-state index >= 15 is 4.79 Å². The molecular weight excluding hydrogens is 735 g/mol. The number of carboxylic acids is 1. The predicted octanol–water partition coefficient (Wildman–Crippen LogP) is 11.2. The summed E-state index contributed by atoms with van der Waals surface area (Å²) in [5.74, 6) is 2.80. The highest BCUT2D eigenvalue weighted by Gasteiger charge is 2.74. The first-order chi connectivity index (χ1) is 27.5. The molecule has 8 fully saturated rings. The molecule has 1 aromatic rings. The molecule has 8 aliphatic rings. The molecule has 328 valence electrons. The van der Waals surface area contributed by atoms with Gasteiger partial charge in [-0.25, -0.2) is 4.98 Å². The number of aromatic nitrogens is 2. The van der Waals surface area contributed by atoms with E-state index in [1.165, 1.54) is 51.4 Å². The normalized spacial score (nSPS) is 45.3. The second-order valence-corrected chi connectivity index (χ2v) is 25.4. The number of hydrogen-bond donors (Lipinski definition) is 2. The van der Waals surface area contributed by atoms with Crippen LogP contribution in [0.25, 0.3) is 0 Å². The molecule has 59 heavy (non-hydrogen) atoms. The highest BCUT2D eigenvalue weighted by Crippen LogP contribution is 2.79. The lowest BCUT2D eigenvalue weighted by Crippen LogP contribution is -2.67. The number of nitrogens with zero attached hydrogens (tertiary/aromatic N) is 2. The fourth-order valence-electron chi connectivity index (χ4n) is 17.2. The molecule has 1 aromatic heterocycles. The summed E-state index contributed by atoms with van der Waals surface area (Å²) in [6, 6.07) is 0.0531. The Morgan fingerprint density at radius 3 is 2.17 bits per heavy atom. The summed E-state index contributed by atoms with van der Waals surface area (Å²) >= 11 is 0. The van der Waals surface area contributed by atoms with Gasteiger partial charge in [0.05, 0.1) is 29.9 Å². The van der Waals surface area contributed by atoms with Gasteiger partial charge in [-0.05, 0) is 164 Å². The maximum absolute atomic E-state index is 15.6. The minimum absolute atomic E-state index is 0.00679. The second-order valence-electron chi connectivity index (χ2n) is 25.4. The van der Waals surface area contributed by atoms with Crippen LogP contribution in [-0.4, -0.2) is 51.0 Å². The van der Waals surface area contributed by atoms with Crippen LogP contribution in [0.4, 0.5) is 0 Å². The van der Waals surface area contributed by atoms with Crippen molar-refractivity contribution in [1.29, 1.82) is 0 Å². The molecule has 0 radical (unpaired) electrons. The minimum atomic E-state index is -0.809. The Morgan fingerprint density at radius 2 is 1.53 bits per heavy atom. The number of carbonyl (C=O) groups is 3. The van der Waals surface area contributed by atoms with Gasteiger partial charge in [0.25, 0.3) is 0 Å². The van der Waals surface area contributed by atoms with Crippen LogP contribution in [0.1, 0.15) is 190 Å². The number of nitrogens with one attached hydrogen (secondary N) is 1. The summed E-state index contributed by atoms with van der Waals surface area (Å²) in [6.07, 6.45) is 18.8. The molecule has 13 atom stereocenters. The minimum Gasteiger partial charge on any atom is -0.481 e. The smallest absolute Gasteiger partial charge is 0.309 e. The Labute approximate surface area is 355 Å². The summed E-state index contributed by atoms with van der Waals surface area (Å²) < 4.78 is 6.14. The number of rotatable bonds is 7. The molecule has 9 rings (SSSR count). The van der Waals surface area contributed by atoms with Gasteiger partial charge in [-0.2, -0.15) is 0 Å². The largest absolute Gasteiger partial charge is 0.481 e. The lowest BCUT2D eigenvalue weighted by Gasteiger charge is -2.73. The van der Waals surface area contributed by atoms with Crippen molar-refractivity contribution < 1.29 is 24.2 Å². The molecule has 7 aliphatic carbocycles. The fraction of sp³-hybridized carbons (Fsp3) is 0.882. The number of ether oxygens (including phenoxy) is 1. The average molecular weight is 814 g/mol. The van der Waals surface area contributed by atoms with E-state index in [-0.39, 0.29) is 50.4 Å². The number of amides is 1. The first kappa shape index (κ1) is 41.9. The number of aliphatic carboxylic acids is 1. The van der Waals surface area contributed by atoms with Gasteiger partial charge < -0.3 is 19.7 Å². The molecule has 8 nitrogen and oxygen atoms in total. The number of H-pyrrole nitrogens is 1. The van der Waals surface area contributed by atoms with E-state index in [0.29, 0.717) is 59.9 Å². The van der Waals surface area contributed by atoms with Crippen molar-refractivity contribution in [2.45, 2.75) is 184 Å². The summed E-state index contributed by atoms with van der Waals surface area (Å²) in [4.78, 5) is 51.7. The van der Waals surface area contributed by atoms with Crippen LogP contribution in [0.3, 0.4) is 0 Å². The molecule has 8 heteroatoms. The molecule has 1 unspecified atom stereocenters. The van der Waals surface area contributed by atoms with E-state index in [1.54, 1.807) is 0 Å². The second kappa shape index (κ2) is 13.3.